The second kappa shape index (κ2) is 8.37. The zero-order valence-electron chi connectivity index (χ0n) is 15.1. The van der Waals surface area contributed by atoms with Gasteiger partial charge in [-0.3, -0.25) is 4.79 Å². The highest BCUT2D eigenvalue weighted by Crippen LogP contribution is 2.22. The van der Waals surface area contributed by atoms with Crippen molar-refractivity contribution in [2.75, 3.05) is 26.2 Å². The van der Waals surface area contributed by atoms with Gasteiger partial charge < -0.3 is 15.1 Å². The molecule has 2 aliphatic heterocycles. The zero-order valence-corrected chi connectivity index (χ0v) is 15.1. The van der Waals surface area contributed by atoms with Crippen LogP contribution in [0.2, 0.25) is 0 Å². The van der Waals surface area contributed by atoms with E-state index in [0.29, 0.717) is 25.4 Å². The van der Waals surface area contributed by atoms with Gasteiger partial charge in [0.1, 0.15) is 0 Å². The predicted octanol–water partition coefficient (Wildman–Crippen LogP) is 2.98. The number of hydrogen-bond donors (Lipinski definition) is 1. The second-order valence-electron chi connectivity index (χ2n) is 7.27. The Bertz CT molecular complexity index is 590. The minimum absolute atomic E-state index is 0.0107. The van der Waals surface area contributed by atoms with Gasteiger partial charge in [-0.1, -0.05) is 37.3 Å². The highest BCUT2D eigenvalue weighted by molar-refractivity contribution is 5.79. The first-order valence-corrected chi connectivity index (χ1v) is 9.52. The van der Waals surface area contributed by atoms with Crippen molar-refractivity contribution in [3.8, 4) is 0 Å². The smallest absolute Gasteiger partial charge is 0.317 e. The Kier molecular flexibility index (Phi) is 5.95. The van der Waals surface area contributed by atoms with Crippen molar-refractivity contribution >= 4 is 11.9 Å². The summed E-state index contributed by atoms with van der Waals surface area (Å²) in [5.41, 5.74) is 1.31. The quantitative estimate of drug-likeness (QED) is 0.893. The van der Waals surface area contributed by atoms with E-state index in [9.17, 15) is 9.59 Å². The number of nitrogens with zero attached hydrogens (tertiary/aromatic N) is 2. The van der Waals surface area contributed by atoms with E-state index < -0.39 is 0 Å². The highest BCUT2D eigenvalue weighted by Gasteiger charge is 2.32. The molecule has 2 heterocycles. The summed E-state index contributed by atoms with van der Waals surface area (Å²) >= 11 is 0. The summed E-state index contributed by atoms with van der Waals surface area (Å²) in [6.07, 6.45) is 4.54. The minimum atomic E-state index is 0.0107. The minimum Gasteiger partial charge on any atom is -0.338 e. The van der Waals surface area contributed by atoms with E-state index >= 15 is 0 Å². The van der Waals surface area contributed by atoms with Crippen LogP contribution in [-0.2, 0) is 4.79 Å². The average molecular weight is 343 g/mol. The monoisotopic (exact) mass is 343 g/mol. The molecular weight excluding hydrogens is 314 g/mol. The van der Waals surface area contributed by atoms with Crippen LogP contribution in [0, 0.1) is 0 Å². The SMILES string of the molecule is CC(CCNC(=O)N1CCCC(N2CCCC2=O)C1)c1ccccc1. The van der Waals surface area contributed by atoms with Gasteiger partial charge in [-0.15, -0.1) is 0 Å². The molecule has 2 fully saturated rings. The third-order valence-corrected chi connectivity index (χ3v) is 5.46. The van der Waals surface area contributed by atoms with Crippen molar-refractivity contribution in [1.82, 2.24) is 15.1 Å². The highest BCUT2D eigenvalue weighted by atomic mass is 16.2. The summed E-state index contributed by atoms with van der Waals surface area (Å²) in [5.74, 6) is 0.682. The summed E-state index contributed by atoms with van der Waals surface area (Å²) in [6.45, 7) is 5.19. The molecule has 136 valence electrons. The molecule has 0 radical (unpaired) electrons. The molecule has 25 heavy (non-hydrogen) atoms. The predicted molar refractivity (Wildman–Crippen MR) is 98.4 cm³/mol. The Labute approximate surface area is 150 Å². The molecule has 1 N–H and O–H groups in total. The lowest BCUT2D eigenvalue weighted by Crippen LogP contribution is -2.52. The molecule has 0 aliphatic carbocycles. The number of benzene rings is 1. The van der Waals surface area contributed by atoms with Gasteiger partial charge >= 0.3 is 6.03 Å². The molecule has 2 saturated heterocycles. The van der Waals surface area contributed by atoms with Crippen LogP contribution < -0.4 is 5.32 Å². The van der Waals surface area contributed by atoms with E-state index in [1.54, 1.807) is 0 Å². The number of urea groups is 1. The number of rotatable bonds is 5. The third kappa shape index (κ3) is 4.53. The topological polar surface area (TPSA) is 52.7 Å². The summed E-state index contributed by atoms with van der Waals surface area (Å²) in [5, 5.41) is 3.06. The van der Waals surface area contributed by atoms with Crippen molar-refractivity contribution in [3.63, 3.8) is 0 Å². The first-order valence-electron chi connectivity index (χ1n) is 9.52. The molecule has 3 rings (SSSR count). The molecule has 3 amide bonds. The lowest BCUT2D eigenvalue weighted by Gasteiger charge is -2.37. The molecule has 0 saturated carbocycles. The first-order chi connectivity index (χ1) is 12.1. The van der Waals surface area contributed by atoms with Crippen LogP contribution >= 0.6 is 0 Å². The molecule has 2 unspecified atom stereocenters. The lowest BCUT2D eigenvalue weighted by atomic mass is 9.98. The molecule has 2 atom stereocenters. The maximum absolute atomic E-state index is 12.5. The summed E-state index contributed by atoms with van der Waals surface area (Å²) < 4.78 is 0. The van der Waals surface area contributed by atoms with Gasteiger partial charge in [-0.25, -0.2) is 4.79 Å². The maximum atomic E-state index is 12.5. The molecule has 5 nitrogen and oxygen atoms in total. The Morgan fingerprint density at radius 3 is 2.76 bits per heavy atom. The Morgan fingerprint density at radius 1 is 1.24 bits per heavy atom. The van der Waals surface area contributed by atoms with Gasteiger partial charge in [0.05, 0.1) is 0 Å². The van der Waals surface area contributed by atoms with Gasteiger partial charge in [0, 0.05) is 38.6 Å². The van der Waals surface area contributed by atoms with Crippen molar-refractivity contribution in [3.05, 3.63) is 35.9 Å². The van der Waals surface area contributed by atoms with Crippen molar-refractivity contribution in [1.29, 1.82) is 0 Å². The lowest BCUT2D eigenvalue weighted by molar-refractivity contribution is -0.130. The van der Waals surface area contributed by atoms with E-state index in [1.807, 2.05) is 15.9 Å². The fourth-order valence-electron chi connectivity index (χ4n) is 3.90. The first kappa shape index (κ1) is 17.8. The number of nitrogens with one attached hydrogen (secondary N) is 1. The van der Waals surface area contributed by atoms with E-state index in [-0.39, 0.29) is 18.0 Å². The molecular formula is C20H29N3O2. The average Bonchev–Trinajstić information content (AvgIpc) is 3.08. The van der Waals surface area contributed by atoms with Crippen molar-refractivity contribution in [2.24, 2.45) is 0 Å². The van der Waals surface area contributed by atoms with Gasteiger partial charge in [-0.2, -0.15) is 0 Å². The number of likely N-dealkylation sites (tertiary alicyclic amines) is 2. The standard InChI is InChI=1S/C20H29N3O2/c1-16(17-7-3-2-4-8-17)11-12-21-20(25)22-13-5-9-18(15-22)23-14-6-10-19(23)24/h2-4,7-8,16,18H,5-6,9-15H2,1H3,(H,21,25). The number of carbonyl (C=O) groups excluding carboxylic acids is 2. The molecule has 2 aliphatic rings. The van der Waals surface area contributed by atoms with Crippen LogP contribution in [-0.4, -0.2) is 54.0 Å². The molecule has 0 spiro atoms. The van der Waals surface area contributed by atoms with Crippen LogP contribution in [0.15, 0.2) is 30.3 Å². The molecule has 1 aromatic carbocycles. The van der Waals surface area contributed by atoms with Crippen LogP contribution in [0.1, 0.15) is 50.5 Å². The largest absolute Gasteiger partial charge is 0.338 e. The zero-order chi connectivity index (χ0) is 17.6. The van der Waals surface area contributed by atoms with Crippen LogP contribution in [0.3, 0.4) is 0 Å². The molecule has 0 aromatic heterocycles. The van der Waals surface area contributed by atoms with Gasteiger partial charge in [0.15, 0.2) is 0 Å². The molecule has 5 heteroatoms. The summed E-state index contributed by atoms with van der Waals surface area (Å²) in [4.78, 5) is 28.3. The van der Waals surface area contributed by atoms with Gasteiger partial charge in [0.2, 0.25) is 5.91 Å². The normalized spacial score (nSPS) is 22.1. The second-order valence-corrected chi connectivity index (χ2v) is 7.27. The Morgan fingerprint density at radius 2 is 2.04 bits per heavy atom. The van der Waals surface area contributed by atoms with E-state index in [2.05, 4.69) is 36.5 Å². The van der Waals surface area contributed by atoms with Crippen LogP contribution in [0.25, 0.3) is 0 Å². The molecule has 0 bridgehead atoms. The van der Waals surface area contributed by atoms with E-state index in [1.165, 1.54) is 5.56 Å². The van der Waals surface area contributed by atoms with Crippen LogP contribution in [0.5, 0.6) is 0 Å². The Hall–Kier alpha value is -2.04. The fraction of sp³-hybridized carbons (Fsp3) is 0.600. The third-order valence-electron chi connectivity index (χ3n) is 5.46. The Balaban J connectivity index is 1.44. The van der Waals surface area contributed by atoms with Crippen LogP contribution in [0.4, 0.5) is 4.79 Å². The van der Waals surface area contributed by atoms with Gasteiger partial charge in [-0.05, 0) is 37.2 Å². The van der Waals surface area contributed by atoms with E-state index in [4.69, 9.17) is 0 Å². The number of piperidine rings is 1. The molecule has 1 aromatic rings. The summed E-state index contributed by atoms with van der Waals surface area (Å²) in [6, 6.07) is 10.6. The fourth-order valence-corrected chi connectivity index (χ4v) is 3.90. The number of amides is 3. The van der Waals surface area contributed by atoms with E-state index in [0.717, 1.165) is 38.8 Å². The van der Waals surface area contributed by atoms with Crippen molar-refractivity contribution < 1.29 is 9.59 Å². The van der Waals surface area contributed by atoms with Crippen molar-refractivity contribution in [2.45, 2.75) is 51.0 Å². The number of hydrogen-bond acceptors (Lipinski definition) is 2. The number of carbonyl (C=O) groups is 2. The maximum Gasteiger partial charge on any atom is 0.317 e. The summed E-state index contributed by atoms with van der Waals surface area (Å²) in [7, 11) is 0. The van der Waals surface area contributed by atoms with Gasteiger partial charge in [0.25, 0.3) is 0 Å².